The van der Waals surface area contributed by atoms with Crippen molar-refractivity contribution in [2.24, 2.45) is 0 Å². The van der Waals surface area contributed by atoms with Crippen molar-refractivity contribution in [1.29, 1.82) is 0 Å². The number of hydrazine groups is 1. The largest absolute Gasteiger partial charge is 0.455 e. The summed E-state index contributed by atoms with van der Waals surface area (Å²) in [4.78, 5) is 48.2. The molecular formula is C24H17N3O6. The fraction of sp³-hybridized carbons (Fsp3) is 0.0417. The molecule has 2 N–H and O–H groups in total. The van der Waals surface area contributed by atoms with Crippen molar-refractivity contribution in [3.8, 4) is 11.3 Å². The molecular weight excluding hydrogens is 426 g/mol. The number of hydrogen-bond donors (Lipinski definition) is 2. The minimum Gasteiger partial charge on any atom is -0.455 e. The van der Waals surface area contributed by atoms with Gasteiger partial charge >= 0.3 is 0 Å². The fourth-order valence-electron chi connectivity index (χ4n) is 3.34. The van der Waals surface area contributed by atoms with E-state index in [9.17, 15) is 24.5 Å². The van der Waals surface area contributed by atoms with Crippen LogP contribution in [0.25, 0.3) is 22.3 Å². The number of nitrogens with zero attached hydrogens (tertiary/aromatic N) is 1. The number of carbonyl (C=O) groups is 2. The van der Waals surface area contributed by atoms with Crippen molar-refractivity contribution in [1.82, 2.24) is 10.9 Å². The molecule has 0 fully saturated rings. The maximum Gasteiger partial charge on any atom is 0.273 e. The molecule has 2 amide bonds. The molecule has 9 nitrogen and oxygen atoms in total. The van der Waals surface area contributed by atoms with Crippen LogP contribution in [0.4, 0.5) is 5.69 Å². The number of carbonyl (C=O) groups excluding carboxylic acids is 2. The molecule has 4 rings (SSSR count). The smallest absolute Gasteiger partial charge is 0.273 e. The Bertz CT molecular complexity index is 1440. The molecule has 0 radical (unpaired) electrons. The number of non-ortho nitro benzene ring substituents is 1. The number of fused-ring (bicyclic) bond motifs is 1. The Labute approximate surface area is 186 Å². The Morgan fingerprint density at radius 2 is 1.55 bits per heavy atom. The van der Waals surface area contributed by atoms with Gasteiger partial charge in [0.2, 0.25) is 0 Å². The van der Waals surface area contributed by atoms with Crippen LogP contribution < -0.4 is 16.3 Å². The van der Waals surface area contributed by atoms with Crippen LogP contribution in [0, 0.1) is 17.0 Å². The molecule has 9 heteroatoms. The van der Waals surface area contributed by atoms with Gasteiger partial charge in [-0.1, -0.05) is 36.4 Å². The third-order valence-corrected chi connectivity index (χ3v) is 5.06. The Morgan fingerprint density at radius 1 is 0.879 bits per heavy atom. The second-order valence-electron chi connectivity index (χ2n) is 7.15. The molecule has 0 spiro atoms. The number of hydrogen-bond acceptors (Lipinski definition) is 6. The molecule has 164 valence electrons. The topological polar surface area (TPSA) is 132 Å². The van der Waals surface area contributed by atoms with E-state index in [1.807, 2.05) is 18.2 Å². The minimum absolute atomic E-state index is 0.0609. The summed E-state index contributed by atoms with van der Waals surface area (Å²) in [5, 5.41) is 11.0. The van der Waals surface area contributed by atoms with E-state index in [2.05, 4.69) is 10.9 Å². The molecule has 4 aromatic rings. The third kappa shape index (κ3) is 4.19. The van der Waals surface area contributed by atoms with E-state index in [1.165, 1.54) is 30.3 Å². The van der Waals surface area contributed by atoms with E-state index in [-0.39, 0.29) is 33.2 Å². The van der Waals surface area contributed by atoms with E-state index < -0.39 is 16.7 Å². The number of amides is 2. The summed E-state index contributed by atoms with van der Waals surface area (Å²) in [6, 6.07) is 18.5. The highest BCUT2D eigenvalue weighted by Gasteiger charge is 2.19. The predicted octanol–water partition coefficient (Wildman–Crippen LogP) is 3.75. The molecule has 33 heavy (non-hydrogen) atoms. The highest BCUT2D eigenvalue weighted by molar-refractivity contribution is 6.06. The second-order valence-corrected chi connectivity index (χ2v) is 7.15. The Morgan fingerprint density at radius 3 is 2.21 bits per heavy atom. The number of nitro groups is 1. The van der Waals surface area contributed by atoms with E-state index in [1.54, 1.807) is 31.2 Å². The lowest BCUT2D eigenvalue weighted by Crippen LogP contribution is -2.41. The molecule has 0 atom stereocenters. The van der Waals surface area contributed by atoms with E-state index in [0.717, 1.165) is 0 Å². The van der Waals surface area contributed by atoms with Crippen molar-refractivity contribution in [2.45, 2.75) is 6.92 Å². The summed E-state index contributed by atoms with van der Waals surface area (Å²) >= 11 is 0. The van der Waals surface area contributed by atoms with E-state index >= 15 is 0 Å². The lowest BCUT2D eigenvalue weighted by molar-refractivity contribution is -0.384. The Hall–Kier alpha value is -4.79. The SMILES string of the molecule is Cc1c(-c2ccccc2)oc2c(C(=O)NNC(=O)c3ccc([N+](=O)[O-])cc3)cccc2c1=O. The molecule has 0 bridgehead atoms. The first-order valence-corrected chi connectivity index (χ1v) is 9.84. The maximum atomic E-state index is 12.9. The second kappa shape index (κ2) is 8.75. The van der Waals surface area contributed by atoms with Gasteiger partial charge in [-0.3, -0.25) is 35.3 Å². The van der Waals surface area contributed by atoms with Crippen LogP contribution in [0.1, 0.15) is 26.3 Å². The van der Waals surface area contributed by atoms with Crippen molar-refractivity contribution in [3.05, 3.63) is 110 Å². The normalized spacial score (nSPS) is 10.6. The summed E-state index contributed by atoms with van der Waals surface area (Å²) in [7, 11) is 0. The van der Waals surface area contributed by atoms with Crippen molar-refractivity contribution in [3.63, 3.8) is 0 Å². The summed E-state index contributed by atoms with van der Waals surface area (Å²) in [5.74, 6) is -1.01. The molecule has 0 aliphatic carbocycles. The van der Waals surface area contributed by atoms with Crippen molar-refractivity contribution >= 4 is 28.5 Å². The average molecular weight is 443 g/mol. The van der Waals surface area contributed by atoms with Crippen LogP contribution in [-0.2, 0) is 0 Å². The maximum absolute atomic E-state index is 12.9. The summed E-state index contributed by atoms with van der Waals surface area (Å²) < 4.78 is 6.00. The summed E-state index contributed by atoms with van der Waals surface area (Å²) in [6.07, 6.45) is 0. The zero-order valence-corrected chi connectivity index (χ0v) is 17.3. The number of rotatable bonds is 4. The average Bonchev–Trinajstić information content (AvgIpc) is 2.84. The van der Waals surface area contributed by atoms with Gasteiger partial charge in [0.25, 0.3) is 17.5 Å². The lowest BCUT2D eigenvalue weighted by atomic mass is 10.0. The van der Waals surface area contributed by atoms with Gasteiger partial charge in [-0.2, -0.15) is 0 Å². The summed E-state index contributed by atoms with van der Waals surface area (Å²) in [5.41, 5.74) is 5.49. The van der Waals surface area contributed by atoms with Gasteiger partial charge in [0.15, 0.2) is 11.0 Å². The van der Waals surface area contributed by atoms with Gasteiger partial charge in [-0.15, -0.1) is 0 Å². The van der Waals surface area contributed by atoms with Gasteiger partial charge in [0.05, 0.1) is 15.9 Å². The van der Waals surface area contributed by atoms with Crippen LogP contribution in [0.15, 0.2) is 82.0 Å². The predicted molar refractivity (Wildman–Crippen MR) is 121 cm³/mol. The molecule has 0 aliphatic heterocycles. The molecule has 0 aliphatic rings. The zero-order chi connectivity index (χ0) is 23.5. The quantitative estimate of drug-likeness (QED) is 0.365. The number of benzene rings is 3. The van der Waals surface area contributed by atoms with Gasteiger partial charge in [0.1, 0.15) is 5.76 Å². The third-order valence-electron chi connectivity index (χ3n) is 5.06. The minimum atomic E-state index is -0.693. The van der Waals surface area contributed by atoms with Crippen LogP contribution in [0.3, 0.4) is 0 Å². The highest BCUT2D eigenvalue weighted by Crippen LogP contribution is 2.27. The van der Waals surface area contributed by atoms with Gasteiger partial charge in [-0.05, 0) is 31.2 Å². The first-order valence-electron chi connectivity index (χ1n) is 9.84. The molecule has 0 unspecified atom stereocenters. The Kier molecular flexibility index (Phi) is 5.69. The zero-order valence-electron chi connectivity index (χ0n) is 17.3. The first-order chi connectivity index (χ1) is 15.9. The van der Waals surface area contributed by atoms with Crippen molar-refractivity contribution in [2.75, 3.05) is 0 Å². The molecule has 1 aromatic heterocycles. The number of para-hydroxylation sites is 1. The van der Waals surface area contributed by atoms with Crippen LogP contribution in [0.2, 0.25) is 0 Å². The monoisotopic (exact) mass is 443 g/mol. The van der Waals surface area contributed by atoms with Crippen LogP contribution >= 0.6 is 0 Å². The van der Waals surface area contributed by atoms with Gasteiger partial charge in [0, 0.05) is 28.8 Å². The van der Waals surface area contributed by atoms with Gasteiger partial charge < -0.3 is 4.42 Å². The lowest BCUT2D eigenvalue weighted by Gasteiger charge is -2.11. The van der Waals surface area contributed by atoms with Crippen LogP contribution in [-0.4, -0.2) is 16.7 Å². The van der Waals surface area contributed by atoms with E-state index in [4.69, 9.17) is 4.42 Å². The van der Waals surface area contributed by atoms with Crippen LogP contribution in [0.5, 0.6) is 0 Å². The molecule has 3 aromatic carbocycles. The van der Waals surface area contributed by atoms with Crippen molar-refractivity contribution < 1.29 is 18.9 Å². The number of nitro benzene ring substituents is 1. The molecule has 1 heterocycles. The fourth-order valence-corrected chi connectivity index (χ4v) is 3.34. The van der Waals surface area contributed by atoms with E-state index in [0.29, 0.717) is 16.9 Å². The molecule has 0 saturated carbocycles. The standard InChI is InChI=1S/C24H17N3O6/c1-14-20(28)18-8-5-9-19(22(18)33-21(14)15-6-3-2-4-7-15)24(30)26-25-23(29)16-10-12-17(13-11-16)27(31)32/h2-13H,1H3,(H,25,29)(H,26,30). The first kappa shape index (κ1) is 21.4. The Balaban J connectivity index is 1.63. The summed E-state index contributed by atoms with van der Waals surface area (Å²) in [6.45, 7) is 1.66. The van der Waals surface area contributed by atoms with Gasteiger partial charge in [-0.25, -0.2) is 0 Å². The number of nitrogens with one attached hydrogen (secondary N) is 2. The molecule has 0 saturated heterocycles. The highest BCUT2D eigenvalue weighted by atomic mass is 16.6.